The van der Waals surface area contributed by atoms with Crippen LogP contribution in [-0.2, 0) is 0 Å². The van der Waals surface area contributed by atoms with E-state index in [2.05, 4.69) is 86.7 Å². The second kappa shape index (κ2) is 18.3. The Morgan fingerprint density at radius 3 is 0.766 bits per heavy atom. The minimum Gasteiger partial charge on any atom is -0.391 e. The van der Waals surface area contributed by atoms with Crippen LogP contribution in [0, 0.1) is 0 Å². The molecule has 4 aliphatic heterocycles. The molecule has 0 aliphatic carbocycles. The van der Waals surface area contributed by atoms with Crippen LogP contribution in [0.5, 0.6) is 0 Å². The molecule has 8 aromatic rings. The van der Waals surface area contributed by atoms with Crippen LogP contribution in [0.4, 0.5) is 0 Å². The van der Waals surface area contributed by atoms with Crippen molar-refractivity contribution in [3.63, 3.8) is 0 Å². The van der Waals surface area contributed by atoms with Crippen LogP contribution < -0.4 is 0 Å². The minimum absolute atomic E-state index is 0.0266. The number of hydrogen-bond donors (Lipinski definition) is 4. The van der Waals surface area contributed by atoms with E-state index in [9.17, 15) is 20.4 Å². The van der Waals surface area contributed by atoms with Crippen molar-refractivity contribution in [2.45, 2.75) is 102 Å². The highest BCUT2D eigenvalue weighted by atomic mass is 16.3. The van der Waals surface area contributed by atoms with Crippen molar-refractivity contribution >= 4 is 0 Å². The molecule has 12 rings (SSSR count). The van der Waals surface area contributed by atoms with Crippen LogP contribution in [0.15, 0.2) is 147 Å². The summed E-state index contributed by atoms with van der Waals surface area (Å²) in [6, 6.07) is 33.0. The number of fused-ring (bicyclic) bond motifs is 12. The summed E-state index contributed by atoms with van der Waals surface area (Å²) >= 11 is 0. The predicted octanol–water partition coefficient (Wildman–Crippen LogP) is 8.90. The van der Waals surface area contributed by atoms with Gasteiger partial charge >= 0.3 is 0 Å². The van der Waals surface area contributed by atoms with Crippen molar-refractivity contribution in [2.24, 2.45) is 0 Å². The third-order valence-electron chi connectivity index (χ3n) is 13.2. The van der Waals surface area contributed by atoms with Gasteiger partial charge in [0.05, 0.1) is 121 Å². The predicted molar refractivity (Wildman–Crippen MR) is 248 cm³/mol. The van der Waals surface area contributed by atoms with Gasteiger partial charge in [-0.3, -0.25) is 0 Å². The molecule has 0 amide bonds. The molecule has 0 saturated heterocycles. The molecule has 328 valence electrons. The van der Waals surface area contributed by atoms with Gasteiger partial charge in [-0.15, -0.1) is 0 Å². The summed E-state index contributed by atoms with van der Waals surface area (Å²) in [5, 5.41) is 40.5. The molecule has 0 bridgehead atoms. The smallest absolute Gasteiger partial charge is 0.0957 e. The van der Waals surface area contributed by atoms with Gasteiger partial charge in [0.2, 0.25) is 0 Å². The number of imidazole rings is 4. The fraction of sp³-hybridized carbons (Fsp3) is 0.308. The highest BCUT2D eigenvalue weighted by Gasteiger charge is 2.35. The van der Waals surface area contributed by atoms with Crippen LogP contribution in [0.3, 0.4) is 0 Å². The highest BCUT2D eigenvalue weighted by molar-refractivity contribution is 5.71. The van der Waals surface area contributed by atoms with Crippen molar-refractivity contribution in [3.05, 3.63) is 169 Å². The fourth-order valence-corrected chi connectivity index (χ4v) is 9.96. The van der Waals surface area contributed by atoms with Crippen LogP contribution >= 0.6 is 0 Å². The monoisotopic (exact) mass is 856 g/mol. The summed E-state index contributed by atoms with van der Waals surface area (Å²) in [4.78, 5) is 16.6. The molecule has 8 heterocycles. The van der Waals surface area contributed by atoms with Gasteiger partial charge in [-0.05, 0) is 47.9 Å². The minimum atomic E-state index is -0.350. The van der Waals surface area contributed by atoms with E-state index >= 15 is 0 Å². The molecule has 12 heteroatoms. The van der Waals surface area contributed by atoms with E-state index in [0.717, 1.165) is 48.5 Å². The lowest BCUT2D eigenvalue weighted by molar-refractivity contribution is 0.129. The molecule has 4 aliphatic rings. The van der Waals surface area contributed by atoms with Gasteiger partial charge in [-0.1, -0.05) is 125 Å². The van der Waals surface area contributed by atoms with Crippen LogP contribution in [0.1, 0.15) is 99.8 Å². The van der Waals surface area contributed by atoms with E-state index in [1.807, 2.05) is 101 Å². The molecule has 8 atom stereocenters. The Kier molecular flexibility index (Phi) is 12.3. The third-order valence-corrected chi connectivity index (χ3v) is 13.2. The van der Waals surface area contributed by atoms with Gasteiger partial charge in [-0.25, -0.2) is 19.9 Å². The van der Waals surface area contributed by atoms with Crippen molar-refractivity contribution in [1.82, 2.24) is 38.2 Å². The summed E-state index contributed by atoms with van der Waals surface area (Å²) in [5.41, 5.74) is 14.0. The Balaban J connectivity index is 0.000000108. The van der Waals surface area contributed by atoms with Crippen LogP contribution in [0.25, 0.3) is 45.0 Å². The molecule has 4 aromatic carbocycles. The van der Waals surface area contributed by atoms with Gasteiger partial charge in [0.25, 0.3) is 0 Å². The van der Waals surface area contributed by atoms with Gasteiger partial charge in [0, 0.05) is 22.3 Å². The van der Waals surface area contributed by atoms with E-state index < -0.39 is 0 Å². The Morgan fingerprint density at radius 1 is 0.359 bits per heavy atom. The normalized spacial score (nSPS) is 19.2. The lowest BCUT2D eigenvalue weighted by atomic mass is 9.98. The van der Waals surface area contributed by atoms with E-state index in [1.54, 1.807) is 25.3 Å². The topological polar surface area (TPSA) is 152 Å². The van der Waals surface area contributed by atoms with Crippen molar-refractivity contribution < 1.29 is 20.4 Å². The Bertz CT molecular complexity index is 2460. The van der Waals surface area contributed by atoms with E-state index in [1.165, 1.54) is 44.5 Å². The average Bonchev–Trinajstić information content (AvgIpc) is 4.20. The number of benzene rings is 4. The number of aliphatic hydroxyl groups excluding tert-OH is 4. The molecule has 0 saturated carbocycles. The van der Waals surface area contributed by atoms with Gasteiger partial charge < -0.3 is 38.7 Å². The molecule has 4 N–H and O–H groups in total. The van der Waals surface area contributed by atoms with Crippen molar-refractivity contribution in [3.8, 4) is 45.0 Å². The number of nitrogens with zero attached hydrogens (tertiary/aromatic N) is 8. The number of hydrogen-bond acceptors (Lipinski definition) is 8. The first-order valence-electron chi connectivity index (χ1n) is 22.5. The Labute approximate surface area is 373 Å². The van der Waals surface area contributed by atoms with Crippen molar-refractivity contribution in [2.75, 3.05) is 0 Å². The molecule has 64 heavy (non-hydrogen) atoms. The second-order valence-corrected chi connectivity index (χ2v) is 16.8. The first-order chi connectivity index (χ1) is 31.3. The summed E-state index contributed by atoms with van der Waals surface area (Å²) < 4.78 is 8.27. The summed E-state index contributed by atoms with van der Waals surface area (Å²) in [6.07, 6.45) is 16.3. The largest absolute Gasteiger partial charge is 0.391 e. The molecule has 0 spiro atoms. The summed E-state index contributed by atoms with van der Waals surface area (Å²) in [6.45, 7) is 8.01. The third kappa shape index (κ3) is 7.39. The van der Waals surface area contributed by atoms with Gasteiger partial charge in [0.1, 0.15) is 0 Å². The fourth-order valence-electron chi connectivity index (χ4n) is 9.96. The lowest BCUT2D eigenvalue weighted by Crippen LogP contribution is -2.21. The molecular weight excluding hydrogens is 801 g/mol. The number of rotatable bonds is 8. The maximum Gasteiger partial charge on any atom is 0.0957 e. The van der Waals surface area contributed by atoms with E-state index in [0.29, 0.717) is 0 Å². The molecule has 0 fully saturated rings. The zero-order valence-electron chi connectivity index (χ0n) is 36.7. The van der Waals surface area contributed by atoms with E-state index in [-0.39, 0.29) is 48.6 Å². The molecule has 0 radical (unpaired) electrons. The van der Waals surface area contributed by atoms with Gasteiger partial charge in [-0.2, -0.15) is 0 Å². The number of aliphatic hydroxyl groups is 4. The Hall–Kier alpha value is -6.44. The average molecular weight is 857 g/mol. The van der Waals surface area contributed by atoms with Crippen LogP contribution in [0.2, 0.25) is 0 Å². The molecule has 12 nitrogen and oxygen atoms in total. The standard InChI is InChI=1S/4C13H14N2O/c4*1-2-12(16)13-10-6-4-3-5-9(10)11-7-14-8-15(11)13/h4*3-8,12-13,16H,2H2,1H3/t2*12-,13+;2*12-,13-/m1010/s1. The van der Waals surface area contributed by atoms with Crippen molar-refractivity contribution in [1.29, 1.82) is 0 Å². The summed E-state index contributed by atoms with van der Waals surface area (Å²) in [7, 11) is 0. The lowest BCUT2D eigenvalue weighted by Gasteiger charge is -2.19. The van der Waals surface area contributed by atoms with Crippen LogP contribution in [-0.4, -0.2) is 83.0 Å². The quantitative estimate of drug-likeness (QED) is 0.118. The zero-order valence-corrected chi connectivity index (χ0v) is 36.7. The Morgan fingerprint density at radius 2 is 0.562 bits per heavy atom. The molecule has 4 aromatic heterocycles. The van der Waals surface area contributed by atoms with E-state index in [4.69, 9.17) is 0 Å². The molecular formula is C52H56N8O4. The first-order valence-corrected chi connectivity index (χ1v) is 22.5. The molecule has 0 unspecified atom stereocenters. The highest BCUT2D eigenvalue weighted by Crippen LogP contribution is 2.44. The second-order valence-electron chi connectivity index (χ2n) is 16.8. The number of aromatic nitrogens is 8. The zero-order chi connectivity index (χ0) is 44.5. The first kappa shape index (κ1) is 42.8. The summed E-state index contributed by atoms with van der Waals surface area (Å²) in [5.74, 6) is 0. The SMILES string of the molecule is CC[C@@H](O)[C@@H]1c2ccccc2-c2cncn21.CC[C@@H](O)[C@H]1c2ccccc2-c2cncn21.CC[C@H](O)[C@@H]1c2ccccc2-c2cncn21.CC[C@H](O)[C@H]1c2ccccc2-c2cncn21. The van der Waals surface area contributed by atoms with Gasteiger partial charge in [0.15, 0.2) is 0 Å². The maximum absolute atomic E-state index is 10.1. The maximum atomic E-state index is 10.1.